The van der Waals surface area contributed by atoms with Crippen LogP contribution in [0.1, 0.15) is 59.5 Å². The Labute approximate surface area is 199 Å². The first kappa shape index (κ1) is 21.4. The van der Waals surface area contributed by atoms with E-state index in [0.717, 1.165) is 43.7 Å². The van der Waals surface area contributed by atoms with Crippen molar-refractivity contribution in [2.75, 3.05) is 13.1 Å². The minimum absolute atomic E-state index is 0.151. The summed E-state index contributed by atoms with van der Waals surface area (Å²) in [6.07, 6.45) is 4.13. The van der Waals surface area contributed by atoms with Crippen molar-refractivity contribution < 1.29 is 19.1 Å². The molecule has 2 aromatic carbocycles. The molecule has 0 radical (unpaired) electrons. The molecule has 3 amide bonds. The fourth-order valence-corrected chi connectivity index (χ4v) is 5.98. The van der Waals surface area contributed by atoms with E-state index in [-0.39, 0.29) is 30.2 Å². The fourth-order valence-electron chi connectivity index (χ4n) is 5.98. The third-order valence-corrected chi connectivity index (χ3v) is 7.85. The first-order valence-electron chi connectivity index (χ1n) is 12.3. The highest BCUT2D eigenvalue weighted by Crippen LogP contribution is 2.37. The van der Waals surface area contributed by atoms with Crippen LogP contribution in [0.4, 0.5) is 0 Å². The van der Waals surface area contributed by atoms with Crippen LogP contribution < -0.4 is 10.1 Å². The van der Waals surface area contributed by atoms with Gasteiger partial charge < -0.3 is 9.64 Å². The summed E-state index contributed by atoms with van der Waals surface area (Å²) in [5, 5.41) is 2.35. The van der Waals surface area contributed by atoms with Crippen LogP contribution in [0.25, 0.3) is 0 Å². The quantitative estimate of drug-likeness (QED) is 0.696. The van der Waals surface area contributed by atoms with E-state index in [0.29, 0.717) is 30.5 Å². The number of hydrogen-bond acceptors (Lipinski definition) is 5. The van der Waals surface area contributed by atoms with Gasteiger partial charge in [-0.1, -0.05) is 30.3 Å². The van der Waals surface area contributed by atoms with Crippen molar-refractivity contribution in [2.45, 2.75) is 62.8 Å². The Kier molecular flexibility index (Phi) is 5.37. The van der Waals surface area contributed by atoms with Gasteiger partial charge in [-0.05, 0) is 55.0 Å². The summed E-state index contributed by atoms with van der Waals surface area (Å²) in [5.41, 5.74) is 2.92. The van der Waals surface area contributed by atoms with Crippen LogP contribution in [-0.2, 0) is 16.1 Å². The second-order valence-electron chi connectivity index (χ2n) is 9.93. The molecule has 1 saturated carbocycles. The molecule has 7 nitrogen and oxygen atoms in total. The number of benzene rings is 2. The van der Waals surface area contributed by atoms with E-state index in [1.807, 2.05) is 18.2 Å². The third-order valence-electron chi connectivity index (χ3n) is 7.85. The van der Waals surface area contributed by atoms with Gasteiger partial charge in [0, 0.05) is 43.6 Å². The van der Waals surface area contributed by atoms with E-state index in [9.17, 15) is 14.4 Å². The molecule has 3 atom stereocenters. The third kappa shape index (κ3) is 3.78. The average molecular weight is 460 g/mol. The van der Waals surface area contributed by atoms with Gasteiger partial charge in [0.25, 0.3) is 5.91 Å². The number of ether oxygens (including phenoxy) is 1. The number of nitrogens with one attached hydrogen (secondary N) is 1. The molecule has 6 rings (SSSR count). The Bertz CT molecular complexity index is 1130. The number of amides is 3. The second-order valence-corrected chi connectivity index (χ2v) is 9.93. The lowest BCUT2D eigenvalue weighted by Crippen LogP contribution is -2.54. The lowest BCUT2D eigenvalue weighted by molar-refractivity contribution is -0.136. The Morgan fingerprint density at radius 1 is 0.941 bits per heavy atom. The van der Waals surface area contributed by atoms with Crippen LogP contribution in [-0.4, -0.2) is 58.8 Å². The van der Waals surface area contributed by atoms with Gasteiger partial charge in [0.05, 0.1) is 0 Å². The van der Waals surface area contributed by atoms with Crippen molar-refractivity contribution in [1.82, 2.24) is 15.1 Å². The van der Waals surface area contributed by atoms with Gasteiger partial charge in [-0.25, -0.2) is 0 Å². The predicted octanol–water partition coefficient (Wildman–Crippen LogP) is 2.85. The molecule has 1 N–H and O–H groups in total. The number of rotatable bonds is 5. The summed E-state index contributed by atoms with van der Waals surface area (Å²) in [6, 6.07) is 16.2. The summed E-state index contributed by atoms with van der Waals surface area (Å²) < 4.78 is 6.47. The van der Waals surface area contributed by atoms with Crippen LogP contribution in [0.2, 0.25) is 0 Å². The average Bonchev–Trinajstić information content (AvgIpc) is 3.38. The number of hydrogen-bond donors (Lipinski definition) is 1. The minimum atomic E-state index is -0.592. The van der Waals surface area contributed by atoms with Crippen LogP contribution in [0.15, 0.2) is 48.5 Å². The number of likely N-dealkylation sites (tertiary alicyclic amines) is 1. The number of carbonyl (C=O) groups is 3. The zero-order chi connectivity index (χ0) is 23.2. The Balaban J connectivity index is 1.11. The maximum absolute atomic E-state index is 12.9. The highest BCUT2D eigenvalue weighted by atomic mass is 16.5. The molecule has 3 aliphatic heterocycles. The zero-order valence-electron chi connectivity index (χ0n) is 19.1. The van der Waals surface area contributed by atoms with Gasteiger partial charge in [0.2, 0.25) is 11.8 Å². The minimum Gasteiger partial charge on any atom is -0.489 e. The van der Waals surface area contributed by atoms with Crippen LogP contribution in [0.3, 0.4) is 0 Å². The van der Waals surface area contributed by atoms with Crippen molar-refractivity contribution in [2.24, 2.45) is 0 Å². The predicted molar refractivity (Wildman–Crippen MR) is 125 cm³/mol. The molecule has 0 spiro atoms. The molecular formula is C27H29N3O4. The Morgan fingerprint density at radius 2 is 1.76 bits per heavy atom. The lowest BCUT2D eigenvalue weighted by atomic mass is 9.89. The second kappa shape index (κ2) is 8.55. The smallest absolute Gasteiger partial charge is 0.255 e. The molecule has 34 heavy (non-hydrogen) atoms. The van der Waals surface area contributed by atoms with Crippen molar-refractivity contribution in [3.63, 3.8) is 0 Å². The number of nitrogens with zero attached hydrogens (tertiary/aromatic N) is 2. The van der Waals surface area contributed by atoms with E-state index in [1.54, 1.807) is 4.90 Å². The van der Waals surface area contributed by atoms with Gasteiger partial charge in [-0.15, -0.1) is 0 Å². The van der Waals surface area contributed by atoms with Gasteiger partial charge in [-0.3, -0.25) is 24.6 Å². The number of piperidine rings is 1. The van der Waals surface area contributed by atoms with Crippen molar-refractivity contribution >= 4 is 17.7 Å². The molecule has 0 aromatic heterocycles. The first-order chi connectivity index (χ1) is 16.6. The largest absolute Gasteiger partial charge is 0.489 e. The number of carbonyl (C=O) groups excluding carboxylic acids is 3. The molecule has 3 heterocycles. The normalized spacial score (nSPS) is 27.5. The van der Waals surface area contributed by atoms with Crippen LogP contribution in [0, 0.1) is 0 Å². The molecule has 1 aliphatic carbocycles. The van der Waals surface area contributed by atoms with Crippen LogP contribution in [0.5, 0.6) is 5.75 Å². The standard InChI is InChI=1S/C27H29N3O4/c31-25-12-11-23(26(32)28-25)30-16-18-13-20(9-10-21(18)27(30)33)34-24-8-4-7-22(24)29-14-19(15-29)17-5-2-1-3-6-17/h1-3,5-6,9-10,13,19,22-24H,4,7-8,11-12,14-16H2,(H,28,31,32)/t22-,23?,24-/m1/s1. The Hall–Kier alpha value is -3.19. The van der Waals surface area contributed by atoms with Gasteiger partial charge >= 0.3 is 0 Å². The fraction of sp³-hybridized carbons (Fsp3) is 0.444. The van der Waals surface area contributed by atoms with E-state index >= 15 is 0 Å². The highest BCUT2D eigenvalue weighted by Gasteiger charge is 2.41. The molecule has 0 bridgehead atoms. The maximum atomic E-state index is 12.9. The molecule has 2 saturated heterocycles. The van der Waals surface area contributed by atoms with E-state index in [4.69, 9.17) is 4.74 Å². The van der Waals surface area contributed by atoms with Crippen LogP contribution >= 0.6 is 0 Å². The number of imide groups is 1. The molecular weight excluding hydrogens is 430 g/mol. The van der Waals surface area contributed by atoms with E-state index in [1.165, 1.54) is 5.56 Å². The summed E-state index contributed by atoms with van der Waals surface area (Å²) in [6.45, 7) is 2.53. The zero-order valence-corrected chi connectivity index (χ0v) is 19.1. The SMILES string of the molecule is O=C1CCC(N2Cc3cc(O[C@@H]4CCC[C@H]4N4CC(c5ccccc5)C4)ccc3C2=O)C(=O)N1. The first-order valence-corrected chi connectivity index (χ1v) is 12.3. The maximum Gasteiger partial charge on any atom is 0.255 e. The molecule has 2 aromatic rings. The molecule has 4 aliphatic rings. The van der Waals surface area contributed by atoms with Gasteiger partial charge in [0.15, 0.2) is 0 Å². The lowest BCUT2D eigenvalue weighted by Gasteiger charge is -2.45. The molecule has 3 fully saturated rings. The van der Waals surface area contributed by atoms with Gasteiger partial charge in [0.1, 0.15) is 17.9 Å². The highest BCUT2D eigenvalue weighted by molar-refractivity contribution is 6.05. The number of fused-ring (bicyclic) bond motifs is 1. The van der Waals surface area contributed by atoms with Crippen molar-refractivity contribution in [3.05, 3.63) is 65.2 Å². The Morgan fingerprint density at radius 3 is 2.56 bits per heavy atom. The summed E-state index contributed by atoms with van der Waals surface area (Å²) in [5.74, 6) is 0.582. The van der Waals surface area contributed by atoms with E-state index in [2.05, 4.69) is 40.5 Å². The van der Waals surface area contributed by atoms with Crippen molar-refractivity contribution in [1.29, 1.82) is 0 Å². The van der Waals surface area contributed by atoms with Gasteiger partial charge in [-0.2, -0.15) is 0 Å². The van der Waals surface area contributed by atoms with Crippen molar-refractivity contribution in [3.8, 4) is 5.75 Å². The molecule has 176 valence electrons. The molecule has 1 unspecified atom stereocenters. The summed E-state index contributed by atoms with van der Waals surface area (Å²) in [4.78, 5) is 40.8. The van der Waals surface area contributed by atoms with E-state index < -0.39 is 6.04 Å². The summed E-state index contributed by atoms with van der Waals surface area (Å²) in [7, 11) is 0. The topological polar surface area (TPSA) is 79.0 Å². The summed E-state index contributed by atoms with van der Waals surface area (Å²) >= 11 is 0. The monoisotopic (exact) mass is 459 g/mol. The molecule has 7 heteroatoms.